The summed E-state index contributed by atoms with van der Waals surface area (Å²) >= 11 is 0. The number of amides is 2. The SMILES string of the molecule is C=C/C(=C\C=C/C)[C@@H](CC)NC(=O)c1cc(C(=O)N[C@H](CC)c2cncc(C(F)(F)F)c2)n2c1COCC2. The molecular formula is C28H33F3N4O3. The maximum Gasteiger partial charge on any atom is 0.417 e. The third-order valence-corrected chi connectivity index (χ3v) is 6.42. The van der Waals surface area contributed by atoms with E-state index in [0.717, 1.165) is 17.8 Å². The van der Waals surface area contributed by atoms with E-state index in [1.165, 1.54) is 12.3 Å². The average molecular weight is 531 g/mol. The topological polar surface area (TPSA) is 85.3 Å². The first-order valence-electron chi connectivity index (χ1n) is 12.5. The van der Waals surface area contributed by atoms with E-state index >= 15 is 0 Å². The van der Waals surface area contributed by atoms with Crippen LogP contribution in [0.25, 0.3) is 0 Å². The molecule has 1 aliphatic rings. The van der Waals surface area contributed by atoms with Crippen LogP contribution in [0.1, 0.15) is 77.3 Å². The number of allylic oxidation sites excluding steroid dienone is 3. The lowest BCUT2D eigenvalue weighted by atomic mass is 10.0. The van der Waals surface area contributed by atoms with Gasteiger partial charge in [0.2, 0.25) is 0 Å². The number of alkyl halides is 3. The molecular weight excluding hydrogens is 497 g/mol. The van der Waals surface area contributed by atoms with Crippen molar-refractivity contribution in [1.82, 2.24) is 20.2 Å². The van der Waals surface area contributed by atoms with E-state index < -0.39 is 23.7 Å². The van der Waals surface area contributed by atoms with Crippen LogP contribution in [-0.4, -0.2) is 34.0 Å². The summed E-state index contributed by atoms with van der Waals surface area (Å²) in [5.74, 6) is -0.851. The lowest BCUT2D eigenvalue weighted by Crippen LogP contribution is -2.36. The standard InChI is InChI=1S/C28H33F3N4O3/c1-5-9-10-18(6-2)22(7-3)33-26(36)21-14-24(35-11-12-38-17-25(21)35)27(37)34-23(8-4)19-13-20(16-32-15-19)28(29,30)31/h5-6,9-10,13-16,22-23H,2,7-8,11-12,17H2,1,3-4H3,(H,33,36)(H,34,37)/b9-5-,18-10+/t22-,23-/m1/s1. The summed E-state index contributed by atoms with van der Waals surface area (Å²) in [6, 6.07) is 1.52. The van der Waals surface area contributed by atoms with Crippen LogP contribution >= 0.6 is 0 Å². The van der Waals surface area contributed by atoms with Crippen LogP contribution in [0.15, 0.2) is 61.0 Å². The maximum atomic E-state index is 13.4. The predicted octanol–water partition coefficient (Wildman–Crippen LogP) is 5.51. The van der Waals surface area contributed by atoms with Gasteiger partial charge in [0.25, 0.3) is 11.8 Å². The Morgan fingerprint density at radius 1 is 1.18 bits per heavy atom. The fourth-order valence-electron chi connectivity index (χ4n) is 4.36. The first kappa shape index (κ1) is 28.9. The van der Waals surface area contributed by atoms with Crippen molar-refractivity contribution in [3.63, 3.8) is 0 Å². The van der Waals surface area contributed by atoms with Gasteiger partial charge in [0.1, 0.15) is 5.69 Å². The second-order valence-electron chi connectivity index (χ2n) is 8.86. The molecule has 2 aromatic heterocycles. The van der Waals surface area contributed by atoms with E-state index in [-0.39, 0.29) is 29.8 Å². The number of fused-ring (bicyclic) bond motifs is 1. The number of carbonyl (C=O) groups is 2. The Hall–Kier alpha value is -3.66. The number of hydrogen-bond donors (Lipinski definition) is 2. The van der Waals surface area contributed by atoms with Crippen LogP contribution in [0.5, 0.6) is 0 Å². The highest BCUT2D eigenvalue weighted by Gasteiger charge is 2.32. The van der Waals surface area contributed by atoms with Gasteiger partial charge in [-0.2, -0.15) is 13.2 Å². The molecule has 0 fully saturated rings. The Balaban J connectivity index is 1.89. The normalized spacial score (nSPS) is 15.6. The van der Waals surface area contributed by atoms with Gasteiger partial charge in [-0.05, 0) is 43.0 Å². The van der Waals surface area contributed by atoms with E-state index in [4.69, 9.17) is 4.74 Å². The average Bonchev–Trinajstić information content (AvgIpc) is 3.31. The summed E-state index contributed by atoms with van der Waals surface area (Å²) in [6.07, 6.45) is 5.82. The molecule has 1 aliphatic heterocycles. The number of rotatable bonds is 10. The Morgan fingerprint density at radius 2 is 1.95 bits per heavy atom. The first-order chi connectivity index (χ1) is 18.1. The molecule has 2 N–H and O–H groups in total. The summed E-state index contributed by atoms with van der Waals surface area (Å²) in [4.78, 5) is 30.4. The Bertz CT molecular complexity index is 1230. The van der Waals surface area contributed by atoms with Gasteiger partial charge < -0.3 is 19.9 Å². The van der Waals surface area contributed by atoms with Crippen LogP contribution in [-0.2, 0) is 24.1 Å². The quantitative estimate of drug-likeness (QED) is 0.397. The molecule has 0 bridgehead atoms. The molecule has 0 saturated carbocycles. The number of halogens is 3. The molecule has 0 aromatic carbocycles. The number of nitrogens with zero attached hydrogens (tertiary/aromatic N) is 2. The highest BCUT2D eigenvalue weighted by molar-refractivity contribution is 6.01. The second-order valence-corrected chi connectivity index (χ2v) is 8.86. The number of hydrogen-bond acceptors (Lipinski definition) is 4. The Labute approximate surface area is 220 Å². The third-order valence-electron chi connectivity index (χ3n) is 6.42. The smallest absolute Gasteiger partial charge is 0.373 e. The predicted molar refractivity (Wildman–Crippen MR) is 138 cm³/mol. The van der Waals surface area contributed by atoms with Crippen molar-refractivity contribution in [2.75, 3.05) is 6.61 Å². The van der Waals surface area contributed by atoms with Gasteiger partial charge >= 0.3 is 6.18 Å². The molecule has 0 spiro atoms. The first-order valence-corrected chi connectivity index (χ1v) is 12.5. The summed E-state index contributed by atoms with van der Waals surface area (Å²) in [6.45, 7) is 10.3. The number of nitrogens with one attached hydrogen (secondary N) is 2. The summed E-state index contributed by atoms with van der Waals surface area (Å²) in [5.41, 5.74) is 1.34. The molecule has 3 heterocycles. The van der Waals surface area contributed by atoms with Gasteiger partial charge in [0.15, 0.2) is 0 Å². The number of ether oxygens (including phenoxy) is 1. The largest absolute Gasteiger partial charge is 0.417 e. The van der Waals surface area contributed by atoms with Gasteiger partial charge in [0.05, 0.1) is 42.1 Å². The molecule has 2 amide bonds. The molecule has 0 aliphatic carbocycles. The second kappa shape index (κ2) is 12.7. The number of aromatic nitrogens is 2. The zero-order valence-corrected chi connectivity index (χ0v) is 21.8. The van der Waals surface area contributed by atoms with Crippen LogP contribution < -0.4 is 10.6 Å². The van der Waals surface area contributed by atoms with Crippen LogP contribution in [0.4, 0.5) is 13.2 Å². The Kier molecular flexibility index (Phi) is 9.68. The monoisotopic (exact) mass is 530 g/mol. The lowest BCUT2D eigenvalue weighted by molar-refractivity contribution is -0.137. The highest BCUT2D eigenvalue weighted by atomic mass is 19.4. The molecule has 2 atom stereocenters. The number of pyridine rings is 1. The molecule has 2 aromatic rings. The molecule has 10 heteroatoms. The summed E-state index contributed by atoms with van der Waals surface area (Å²) in [5, 5.41) is 5.83. The van der Waals surface area contributed by atoms with E-state index in [0.29, 0.717) is 37.3 Å². The molecule has 7 nitrogen and oxygen atoms in total. The van der Waals surface area contributed by atoms with Crippen molar-refractivity contribution < 1.29 is 27.5 Å². The van der Waals surface area contributed by atoms with Crippen molar-refractivity contribution in [3.8, 4) is 0 Å². The van der Waals surface area contributed by atoms with Gasteiger partial charge in [-0.1, -0.05) is 44.7 Å². The number of carbonyl (C=O) groups excluding carboxylic acids is 2. The van der Waals surface area contributed by atoms with Crippen LogP contribution in [0.3, 0.4) is 0 Å². The zero-order valence-electron chi connectivity index (χ0n) is 21.8. The van der Waals surface area contributed by atoms with Gasteiger partial charge in [-0.25, -0.2) is 0 Å². The molecule has 3 rings (SSSR count). The summed E-state index contributed by atoms with van der Waals surface area (Å²) in [7, 11) is 0. The Morgan fingerprint density at radius 3 is 2.58 bits per heavy atom. The fourth-order valence-corrected chi connectivity index (χ4v) is 4.36. The van der Waals surface area contributed by atoms with E-state index in [2.05, 4.69) is 22.2 Å². The maximum absolute atomic E-state index is 13.4. The fraction of sp³-hybridized carbons (Fsp3) is 0.393. The zero-order chi connectivity index (χ0) is 27.9. The van der Waals surface area contributed by atoms with Gasteiger partial charge in [-0.15, -0.1) is 0 Å². The van der Waals surface area contributed by atoms with E-state index in [1.54, 1.807) is 17.6 Å². The van der Waals surface area contributed by atoms with Crippen molar-refractivity contribution in [2.45, 2.75) is 65.0 Å². The highest BCUT2D eigenvalue weighted by Crippen LogP contribution is 2.31. The summed E-state index contributed by atoms with van der Waals surface area (Å²) < 4.78 is 46.9. The molecule has 0 unspecified atom stereocenters. The van der Waals surface area contributed by atoms with Gasteiger partial charge in [-0.3, -0.25) is 14.6 Å². The van der Waals surface area contributed by atoms with Crippen molar-refractivity contribution in [1.29, 1.82) is 0 Å². The van der Waals surface area contributed by atoms with Crippen molar-refractivity contribution in [2.24, 2.45) is 0 Å². The van der Waals surface area contributed by atoms with Crippen LogP contribution in [0.2, 0.25) is 0 Å². The lowest BCUT2D eigenvalue weighted by Gasteiger charge is -2.22. The van der Waals surface area contributed by atoms with Crippen molar-refractivity contribution >= 4 is 11.8 Å². The third kappa shape index (κ3) is 6.61. The minimum absolute atomic E-state index is 0.157. The minimum atomic E-state index is -4.54. The minimum Gasteiger partial charge on any atom is -0.373 e. The van der Waals surface area contributed by atoms with E-state index in [1.807, 2.05) is 32.1 Å². The molecule has 0 saturated heterocycles. The molecule has 0 radical (unpaired) electrons. The van der Waals surface area contributed by atoms with Crippen molar-refractivity contribution in [3.05, 3.63) is 89.1 Å². The van der Waals surface area contributed by atoms with E-state index in [9.17, 15) is 22.8 Å². The van der Waals surface area contributed by atoms with Gasteiger partial charge in [0, 0.05) is 18.9 Å². The molecule has 38 heavy (non-hydrogen) atoms. The molecule has 204 valence electrons. The van der Waals surface area contributed by atoms with Crippen LogP contribution in [0, 0.1) is 0 Å².